The molecule has 1 rings (SSSR count). The van der Waals surface area contributed by atoms with Gasteiger partial charge in [0.2, 0.25) is 5.91 Å². The number of carbonyl (C=O) groups is 1. The number of carbonyl (C=O) groups excluding carboxylic acids is 1. The maximum atomic E-state index is 12.1. The van der Waals surface area contributed by atoms with Crippen LogP contribution in [0, 0.1) is 5.92 Å². The van der Waals surface area contributed by atoms with Crippen molar-refractivity contribution in [2.45, 2.75) is 65.3 Å². The molecule has 1 heterocycles. The van der Waals surface area contributed by atoms with Crippen LogP contribution in [0.4, 0.5) is 0 Å². The third-order valence-corrected chi connectivity index (χ3v) is 3.90. The molecule has 106 valence electrons. The van der Waals surface area contributed by atoms with Crippen LogP contribution in [-0.4, -0.2) is 36.5 Å². The molecule has 0 spiro atoms. The summed E-state index contributed by atoms with van der Waals surface area (Å²) in [6.07, 6.45) is 6.62. The van der Waals surface area contributed by atoms with Crippen LogP contribution in [0.2, 0.25) is 0 Å². The predicted octanol–water partition coefficient (Wildman–Crippen LogP) is 2.80. The van der Waals surface area contributed by atoms with Crippen molar-refractivity contribution in [2.24, 2.45) is 5.92 Å². The SMILES string of the molecule is CCC1CCCN(C(=O)CCCNC(C)C)CC1. The van der Waals surface area contributed by atoms with Crippen LogP contribution < -0.4 is 5.32 Å². The molecule has 3 heteroatoms. The topological polar surface area (TPSA) is 32.3 Å². The molecular weight excluding hydrogens is 224 g/mol. The van der Waals surface area contributed by atoms with Crippen molar-refractivity contribution in [1.82, 2.24) is 10.2 Å². The first-order chi connectivity index (χ1) is 8.63. The third kappa shape index (κ3) is 5.85. The van der Waals surface area contributed by atoms with Gasteiger partial charge in [0.15, 0.2) is 0 Å². The van der Waals surface area contributed by atoms with Gasteiger partial charge in [0.25, 0.3) is 0 Å². The molecule has 1 N–H and O–H groups in total. The predicted molar refractivity (Wildman–Crippen MR) is 76.6 cm³/mol. The van der Waals surface area contributed by atoms with Crippen molar-refractivity contribution < 1.29 is 4.79 Å². The maximum Gasteiger partial charge on any atom is 0.222 e. The fourth-order valence-corrected chi connectivity index (χ4v) is 2.61. The molecule has 1 aliphatic rings. The fraction of sp³-hybridized carbons (Fsp3) is 0.933. The van der Waals surface area contributed by atoms with Gasteiger partial charge < -0.3 is 10.2 Å². The van der Waals surface area contributed by atoms with E-state index in [0.29, 0.717) is 18.4 Å². The molecule has 0 radical (unpaired) electrons. The van der Waals surface area contributed by atoms with E-state index >= 15 is 0 Å². The summed E-state index contributed by atoms with van der Waals surface area (Å²) < 4.78 is 0. The highest BCUT2D eigenvalue weighted by Crippen LogP contribution is 2.20. The molecule has 18 heavy (non-hydrogen) atoms. The summed E-state index contributed by atoms with van der Waals surface area (Å²) >= 11 is 0. The number of rotatable bonds is 6. The Bertz CT molecular complexity index is 241. The van der Waals surface area contributed by atoms with Crippen molar-refractivity contribution in [2.75, 3.05) is 19.6 Å². The molecule has 1 atom stereocenters. The number of nitrogens with zero attached hydrogens (tertiary/aromatic N) is 1. The average Bonchev–Trinajstić information content (AvgIpc) is 2.59. The van der Waals surface area contributed by atoms with Crippen LogP contribution in [0.3, 0.4) is 0 Å². The van der Waals surface area contributed by atoms with Crippen molar-refractivity contribution in [3.63, 3.8) is 0 Å². The van der Waals surface area contributed by atoms with E-state index in [9.17, 15) is 4.79 Å². The lowest BCUT2D eigenvalue weighted by atomic mass is 9.98. The van der Waals surface area contributed by atoms with E-state index in [0.717, 1.165) is 32.0 Å². The molecule has 1 saturated heterocycles. The Labute approximate surface area is 112 Å². The van der Waals surface area contributed by atoms with Crippen LogP contribution in [0.15, 0.2) is 0 Å². The molecule has 0 aromatic heterocycles. The second kappa shape index (κ2) is 8.52. The molecule has 0 aliphatic carbocycles. The van der Waals surface area contributed by atoms with Gasteiger partial charge in [-0.3, -0.25) is 4.79 Å². The number of hydrogen-bond acceptors (Lipinski definition) is 2. The van der Waals surface area contributed by atoms with Crippen molar-refractivity contribution in [3.05, 3.63) is 0 Å². The van der Waals surface area contributed by atoms with Gasteiger partial charge in [-0.2, -0.15) is 0 Å². The average molecular weight is 254 g/mol. The summed E-state index contributed by atoms with van der Waals surface area (Å²) in [5.41, 5.74) is 0. The minimum atomic E-state index is 0.359. The summed E-state index contributed by atoms with van der Waals surface area (Å²) in [7, 11) is 0. The van der Waals surface area contributed by atoms with Gasteiger partial charge in [0.05, 0.1) is 0 Å². The number of nitrogens with one attached hydrogen (secondary N) is 1. The summed E-state index contributed by atoms with van der Waals surface area (Å²) in [4.78, 5) is 14.2. The van der Waals surface area contributed by atoms with Gasteiger partial charge in [0.1, 0.15) is 0 Å². The number of amides is 1. The fourth-order valence-electron chi connectivity index (χ4n) is 2.61. The third-order valence-electron chi connectivity index (χ3n) is 3.90. The van der Waals surface area contributed by atoms with E-state index in [1.54, 1.807) is 0 Å². The van der Waals surface area contributed by atoms with Gasteiger partial charge in [-0.1, -0.05) is 27.2 Å². The van der Waals surface area contributed by atoms with Gasteiger partial charge in [-0.05, 0) is 38.1 Å². The lowest BCUT2D eigenvalue weighted by Gasteiger charge is -2.20. The summed E-state index contributed by atoms with van der Waals surface area (Å²) in [6, 6.07) is 0.517. The lowest BCUT2D eigenvalue weighted by molar-refractivity contribution is -0.131. The van der Waals surface area contributed by atoms with Crippen LogP contribution in [-0.2, 0) is 4.79 Å². The quantitative estimate of drug-likeness (QED) is 0.739. The molecule has 3 nitrogen and oxygen atoms in total. The van der Waals surface area contributed by atoms with E-state index in [-0.39, 0.29) is 0 Å². The molecule has 1 fully saturated rings. The van der Waals surface area contributed by atoms with Crippen LogP contribution >= 0.6 is 0 Å². The molecule has 0 aromatic rings. The van der Waals surface area contributed by atoms with Gasteiger partial charge in [-0.15, -0.1) is 0 Å². The second-order valence-corrected chi connectivity index (χ2v) is 5.80. The zero-order valence-electron chi connectivity index (χ0n) is 12.4. The van der Waals surface area contributed by atoms with Crippen molar-refractivity contribution in [3.8, 4) is 0 Å². The van der Waals surface area contributed by atoms with E-state index < -0.39 is 0 Å². The normalized spacial score (nSPS) is 21.1. The smallest absolute Gasteiger partial charge is 0.222 e. The van der Waals surface area contributed by atoms with E-state index in [4.69, 9.17) is 0 Å². The first-order valence-corrected chi connectivity index (χ1v) is 7.64. The van der Waals surface area contributed by atoms with Gasteiger partial charge >= 0.3 is 0 Å². The number of likely N-dealkylation sites (tertiary alicyclic amines) is 1. The molecule has 1 unspecified atom stereocenters. The zero-order valence-corrected chi connectivity index (χ0v) is 12.4. The molecule has 0 aromatic carbocycles. The van der Waals surface area contributed by atoms with Crippen molar-refractivity contribution >= 4 is 5.91 Å². The first kappa shape index (κ1) is 15.5. The minimum absolute atomic E-state index is 0.359. The zero-order chi connectivity index (χ0) is 13.4. The van der Waals surface area contributed by atoms with Crippen LogP contribution in [0.1, 0.15) is 59.3 Å². The summed E-state index contributed by atoms with van der Waals surface area (Å²) in [5, 5.41) is 3.36. The Morgan fingerprint density at radius 3 is 2.78 bits per heavy atom. The first-order valence-electron chi connectivity index (χ1n) is 7.64. The Kier molecular flexibility index (Phi) is 7.33. The van der Waals surface area contributed by atoms with E-state index in [2.05, 4.69) is 31.0 Å². The Balaban J connectivity index is 2.20. The maximum absolute atomic E-state index is 12.1. The van der Waals surface area contributed by atoms with Crippen LogP contribution in [0.25, 0.3) is 0 Å². The van der Waals surface area contributed by atoms with E-state index in [1.807, 2.05) is 0 Å². The minimum Gasteiger partial charge on any atom is -0.343 e. The molecular formula is C15H30N2O. The Hall–Kier alpha value is -0.570. The Morgan fingerprint density at radius 2 is 2.11 bits per heavy atom. The standard InChI is InChI=1S/C15H30N2O/c1-4-14-7-6-11-17(12-9-14)15(18)8-5-10-16-13(2)3/h13-14,16H,4-12H2,1-3H3. The Morgan fingerprint density at radius 1 is 1.33 bits per heavy atom. The van der Waals surface area contributed by atoms with Gasteiger partial charge in [0, 0.05) is 25.6 Å². The van der Waals surface area contributed by atoms with Gasteiger partial charge in [-0.25, -0.2) is 0 Å². The highest BCUT2D eigenvalue weighted by Gasteiger charge is 2.19. The van der Waals surface area contributed by atoms with E-state index in [1.165, 1.54) is 25.7 Å². The number of hydrogen-bond donors (Lipinski definition) is 1. The monoisotopic (exact) mass is 254 g/mol. The molecule has 0 bridgehead atoms. The molecule has 0 saturated carbocycles. The highest BCUT2D eigenvalue weighted by atomic mass is 16.2. The summed E-state index contributed by atoms with van der Waals surface area (Å²) in [6.45, 7) is 9.46. The summed E-state index contributed by atoms with van der Waals surface area (Å²) in [5.74, 6) is 1.20. The highest BCUT2D eigenvalue weighted by molar-refractivity contribution is 5.76. The lowest BCUT2D eigenvalue weighted by Crippen LogP contribution is -2.33. The molecule has 1 amide bonds. The second-order valence-electron chi connectivity index (χ2n) is 5.80. The largest absolute Gasteiger partial charge is 0.343 e. The van der Waals surface area contributed by atoms with Crippen LogP contribution in [0.5, 0.6) is 0 Å². The van der Waals surface area contributed by atoms with Crippen molar-refractivity contribution in [1.29, 1.82) is 0 Å². The molecule has 1 aliphatic heterocycles.